The van der Waals surface area contributed by atoms with E-state index in [2.05, 4.69) is 33.0 Å². The standard InChI is InChI=1S/C15H24N2O2/c1-14(2)13(15(14,3)4)17-8-7-10(18)16-11(12(17)19)9-5-6-9/h9,11,13H,5-8H2,1-4H3,(H,16,18). The van der Waals surface area contributed by atoms with Crippen LogP contribution in [0.15, 0.2) is 0 Å². The molecule has 4 nitrogen and oxygen atoms in total. The van der Waals surface area contributed by atoms with Crippen molar-refractivity contribution in [3.05, 3.63) is 0 Å². The Morgan fingerprint density at radius 3 is 2.16 bits per heavy atom. The lowest BCUT2D eigenvalue weighted by atomic mass is 10.0. The van der Waals surface area contributed by atoms with Gasteiger partial charge in [-0.2, -0.15) is 0 Å². The first-order valence-electron chi connectivity index (χ1n) is 7.36. The summed E-state index contributed by atoms with van der Waals surface area (Å²) in [5.74, 6) is 0.558. The van der Waals surface area contributed by atoms with Gasteiger partial charge in [-0.3, -0.25) is 9.59 Å². The van der Waals surface area contributed by atoms with E-state index in [0.717, 1.165) is 12.8 Å². The van der Waals surface area contributed by atoms with Crippen LogP contribution in [0, 0.1) is 16.7 Å². The molecule has 3 rings (SSSR count). The third-order valence-corrected chi connectivity index (χ3v) is 5.80. The molecule has 0 aromatic carbocycles. The molecule has 1 heterocycles. The molecule has 3 fully saturated rings. The van der Waals surface area contributed by atoms with E-state index >= 15 is 0 Å². The number of nitrogens with one attached hydrogen (secondary N) is 1. The van der Waals surface area contributed by atoms with Crippen LogP contribution in [0.1, 0.15) is 47.0 Å². The number of hydrogen-bond acceptors (Lipinski definition) is 2. The van der Waals surface area contributed by atoms with E-state index in [1.165, 1.54) is 0 Å². The second-order valence-electron chi connectivity index (χ2n) is 7.51. The highest BCUT2D eigenvalue weighted by molar-refractivity contribution is 5.91. The van der Waals surface area contributed by atoms with Gasteiger partial charge in [0.05, 0.1) is 0 Å². The molecule has 3 aliphatic rings. The average molecular weight is 264 g/mol. The molecule has 4 heteroatoms. The lowest BCUT2D eigenvalue weighted by Gasteiger charge is -2.26. The molecule has 0 bridgehead atoms. The van der Waals surface area contributed by atoms with Gasteiger partial charge in [-0.25, -0.2) is 0 Å². The maximum Gasteiger partial charge on any atom is 0.245 e. The molecule has 2 amide bonds. The lowest BCUT2D eigenvalue weighted by molar-refractivity contribution is -0.135. The predicted molar refractivity (Wildman–Crippen MR) is 72.3 cm³/mol. The van der Waals surface area contributed by atoms with Crippen LogP contribution in [0.4, 0.5) is 0 Å². The van der Waals surface area contributed by atoms with Crippen molar-refractivity contribution in [1.29, 1.82) is 0 Å². The van der Waals surface area contributed by atoms with E-state index in [9.17, 15) is 9.59 Å². The fraction of sp³-hybridized carbons (Fsp3) is 0.867. The molecule has 2 aliphatic carbocycles. The van der Waals surface area contributed by atoms with Crippen molar-refractivity contribution in [2.24, 2.45) is 16.7 Å². The quantitative estimate of drug-likeness (QED) is 0.822. The van der Waals surface area contributed by atoms with Crippen molar-refractivity contribution in [2.75, 3.05) is 6.54 Å². The van der Waals surface area contributed by atoms with Gasteiger partial charge >= 0.3 is 0 Å². The van der Waals surface area contributed by atoms with Crippen molar-refractivity contribution >= 4 is 11.8 Å². The van der Waals surface area contributed by atoms with Gasteiger partial charge in [0.15, 0.2) is 0 Å². The first-order chi connectivity index (χ1) is 8.76. The molecule has 106 valence electrons. The molecule has 1 N–H and O–H groups in total. The molecular weight excluding hydrogens is 240 g/mol. The minimum Gasteiger partial charge on any atom is -0.344 e. The zero-order valence-corrected chi connectivity index (χ0v) is 12.3. The van der Waals surface area contributed by atoms with Crippen molar-refractivity contribution < 1.29 is 9.59 Å². The normalized spacial score (nSPS) is 33.9. The van der Waals surface area contributed by atoms with Crippen LogP contribution in [0.2, 0.25) is 0 Å². The molecule has 0 aromatic rings. The molecule has 1 atom stereocenters. The van der Waals surface area contributed by atoms with Gasteiger partial charge in [0.1, 0.15) is 6.04 Å². The van der Waals surface area contributed by atoms with Gasteiger partial charge in [-0.05, 0) is 29.6 Å². The molecule has 0 radical (unpaired) electrons. The minimum atomic E-state index is -0.262. The summed E-state index contributed by atoms with van der Waals surface area (Å²) < 4.78 is 0. The maximum absolute atomic E-state index is 12.7. The molecule has 1 aliphatic heterocycles. The summed E-state index contributed by atoms with van der Waals surface area (Å²) >= 11 is 0. The Balaban J connectivity index is 1.85. The third-order valence-electron chi connectivity index (χ3n) is 5.80. The Morgan fingerprint density at radius 2 is 1.68 bits per heavy atom. The van der Waals surface area contributed by atoms with E-state index in [0.29, 0.717) is 18.9 Å². The number of rotatable bonds is 2. The number of carbonyl (C=O) groups is 2. The van der Waals surface area contributed by atoms with Gasteiger partial charge < -0.3 is 10.2 Å². The molecule has 1 saturated heterocycles. The van der Waals surface area contributed by atoms with Gasteiger partial charge in [-0.1, -0.05) is 27.7 Å². The highest BCUT2D eigenvalue weighted by Gasteiger charge is 2.68. The van der Waals surface area contributed by atoms with Gasteiger partial charge in [0, 0.05) is 19.0 Å². The van der Waals surface area contributed by atoms with E-state index < -0.39 is 0 Å². The molecule has 19 heavy (non-hydrogen) atoms. The van der Waals surface area contributed by atoms with Crippen LogP contribution < -0.4 is 5.32 Å². The van der Waals surface area contributed by atoms with Crippen molar-refractivity contribution in [3.8, 4) is 0 Å². The average Bonchev–Trinajstić information content (AvgIpc) is 3.17. The SMILES string of the molecule is CC1(C)C(N2CCC(=O)NC(C3CC3)C2=O)C1(C)C. The summed E-state index contributed by atoms with van der Waals surface area (Å²) in [6.45, 7) is 9.45. The summed E-state index contributed by atoms with van der Waals surface area (Å²) in [7, 11) is 0. The summed E-state index contributed by atoms with van der Waals surface area (Å²) in [5.41, 5.74) is 0.286. The Bertz CT molecular complexity index is 423. The number of nitrogens with zero attached hydrogens (tertiary/aromatic N) is 1. The molecule has 1 unspecified atom stereocenters. The van der Waals surface area contributed by atoms with Crippen LogP contribution >= 0.6 is 0 Å². The fourth-order valence-electron chi connectivity index (χ4n) is 3.76. The highest BCUT2D eigenvalue weighted by atomic mass is 16.2. The van der Waals surface area contributed by atoms with Crippen LogP contribution in [0.25, 0.3) is 0 Å². The second-order valence-corrected chi connectivity index (χ2v) is 7.51. The second kappa shape index (κ2) is 3.74. The van der Waals surface area contributed by atoms with E-state index in [-0.39, 0.29) is 34.7 Å². The maximum atomic E-state index is 12.7. The van der Waals surface area contributed by atoms with Crippen LogP contribution in [0.3, 0.4) is 0 Å². The zero-order valence-electron chi connectivity index (χ0n) is 12.3. The summed E-state index contributed by atoms with van der Waals surface area (Å²) in [6, 6.07) is 0.00338. The van der Waals surface area contributed by atoms with Crippen LogP contribution in [-0.2, 0) is 9.59 Å². The molecule has 0 aromatic heterocycles. The van der Waals surface area contributed by atoms with E-state index in [1.54, 1.807) is 0 Å². The summed E-state index contributed by atoms with van der Waals surface area (Å²) in [6.07, 6.45) is 2.58. The smallest absolute Gasteiger partial charge is 0.245 e. The monoisotopic (exact) mass is 264 g/mol. The molecule has 2 saturated carbocycles. The third kappa shape index (κ3) is 1.79. The number of amides is 2. The number of hydrogen-bond donors (Lipinski definition) is 1. The lowest BCUT2D eigenvalue weighted by Crippen LogP contribution is -2.47. The van der Waals surface area contributed by atoms with Gasteiger partial charge in [-0.15, -0.1) is 0 Å². The largest absolute Gasteiger partial charge is 0.344 e. The zero-order chi connectivity index (χ0) is 14.0. The van der Waals surface area contributed by atoms with Gasteiger partial charge in [0.25, 0.3) is 0 Å². The van der Waals surface area contributed by atoms with Crippen molar-refractivity contribution in [3.63, 3.8) is 0 Å². The van der Waals surface area contributed by atoms with Gasteiger partial charge in [0.2, 0.25) is 11.8 Å². The Hall–Kier alpha value is -1.06. The number of carbonyl (C=O) groups excluding carboxylic acids is 2. The fourth-order valence-corrected chi connectivity index (χ4v) is 3.76. The molecule has 0 spiro atoms. The van der Waals surface area contributed by atoms with E-state index in [1.807, 2.05) is 4.90 Å². The van der Waals surface area contributed by atoms with Crippen LogP contribution in [-0.4, -0.2) is 35.3 Å². The Kier molecular flexibility index (Phi) is 2.55. The Morgan fingerprint density at radius 1 is 1.11 bits per heavy atom. The first-order valence-corrected chi connectivity index (χ1v) is 7.36. The van der Waals surface area contributed by atoms with E-state index in [4.69, 9.17) is 0 Å². The summed E-state index contributed by atoms with van der Waals surface area (Å²) in [5, 5.41) is 2.93. The summed E-state index contributed by atoms with van der Waals surface area (Å²) in [4.78, 5) is 26.5. The first kappa shape index (κ1) is 12.9. The van der Waals surface area contributed by atoms with Crippen molar-refractivity contribution in [1.82, 2.24) is 10.2 Å². The van der Waals surface area contributed by atoms with Crippen LogP contribution in [0.5, 0.6) is 0 Å². The molecular formula is C15H24N2O2. The minimum absolute atomic E-state index is 0.0315. The van der Waals surface area contributed by atoms with Crippen molar-refractivity contribution in [2.45, 2.75) is 59.0 Å². The predicted octanol–water partition coefficient (Wildman–Crippen LogP) is 1.55. The highest BCUT2D eigenvalue weighted by Crippen LogP contribution is 2.65. The Labute approximate surface area is 114 Å². The topological polar surface area (TPSA) is 49.4 Å².